The van der Waals surface area contributed by atoms with Gasteiger partial charge in [-0.15, -0.1) is 0 Å². The van der Waals surface area contributed by atoms with Crippen molar-refractivity contribution < 1.29 is 9.59 Å². The molecule has 1 saturated heterocycles. The van der Waals surface area contributed by atoms with Crippen LogP contribution in [0.2, 0.25) is 0 Å². The van der Waals surface area contributed by atoms with Gasteiger partial charge in [-0.3, -0.25) is 9.59 Å². The Morgan fingerprint density at radius 2 is 2.04 bits per heavy atom. The SMILES string of the molecule is CCc1cnc(-c2cccc(C(=O)N3CCC[C@@H](C(N)=O)C3)c2)nc1. The van der Waals surface area contributed by atoms with Gasteiger partial charge in [0.15, 0.2) is 5.82 Å². The van der Waals surface area contributed by atoms with Crippen LogP contribution in [-0.2, 0) is 11.2 Å². The molecule has 25 heavy (non-hydrogen) atoms. The number of nitrogens with two attached hydrogens (primary N) is 1. The summed E-state index contributed by atoms with van der Waals surface area (Å²) in [5.41, 5.74) is 7.85. The van der Waals surface area contributed by atoms with Gasteiger partial charge < -0.3 is 10.6 Å². The summed E-state index contributed by atoms with van der Waals surface area (Å²) in [7, 11) is 0. The van der Waals surface area contributed by atoms with Crippen LogP contribution in [0.4, 0.5) is 0 Å². The van der Waals surface area contributed by atoms with Crippen LogP contribution in [0.1, 0.15) is 35.7 Å². The van der Waals surface area contributed by atoms with Crippen molar-refractivity contribution in [2.45, 2.75) is 26.2 Å². The molecule has 1 aliphatic rings. The van der Waals surface area contributed by atoms with Crippen LogP contribution in [0.3, 0.4) is 0 Å². The van der Waals surface area contributed by atoms with E-state index in [0.29, 0.717) is 24.5 Å². The van der Waals surface area contributed by atoms with Crippen molar-refractivity contribution in [2.75, 3.05) is 13.1 Å². The second kappa shape index (κ2) is 7.42. The van der Waals surface area contributed by atoms with Crippen LogP contribution < -0.4 is 5.73 Å². The third-order valence-corrected chi connectivity index (χ3v) is 4.59. The fourth-order valence-electron chi connectivity index (χ4n) is 3.05. The first-order valence-corrected chi connectivity index (χ1v) is 8.58. The molecule has 2 N–H and O–H groups in total. The monoisotopic (exact) mass is 338 g/mol. The van der Waals surface area contributed by atoms with Crippen molar-refractivity contribution >= 4 is 11.8 Å². The molecule has 1 atom stereocenters. The molecule has 6 nitrogen and oxygen atoms in total. The van der Waals surface area contributed by atoms with Gasteiger partial charge in [-0.05, 0) is 37.0 Å². The first-order chi connectivity index (χ1) is 12.1. The third kappa shape index (κ3) is 3.84. The molecular weight excluding hydrogens is 316 g/mol. The molecule has 2 heterocycles. The van der Waals surface area contributed by atoms with E-state index in [1.54, 1.807) is 29.4 Å². The van der Waals surface area contributed by atoms with Crippen molar-refractivity contribution in [3.8, 4) is 11.4 Å². The van der Waals surface area contributed by atoms with Crippen LogP contribution >= 0.6 is 0 Å². The quantitative estimate of drug-likeness (QED) is 0.924. The van der Waals surface area contributed by atoms with Crippen molar-refractivity contribution in [2.24, 2.45) is 11.7 Å². The highest BCUT2D eigenvalue weighted by Crippen LogP contribution is 2.21. The molecule has 1 aliphatic heterocycles. The van der Waals surface area contributed by atoms with Gasteiger partial charge in [0, 0.05) is 36.6 Å². The summed E-state index contributed by atoms with van der Waals surface area (Å²) in [6, 6.07) is 7.30. The molecule has 1 fully saturated rings. The number of hydrogen-bond acceptors (Lipinski definition) is 4. The van der Waals surface area contributed by atoms with E-state index < -0.39 is 0 Å². The number of rotatable bonds is 4. The van der Waals surface area contributed by atoms with Gasteiger partial charge in [-0.1, -0.05) is 19.1 Å². The maximum absolute atomic E-state index is 12.8. The van der Waals surface area contributed by atoms with Gasteiger partial charge >= 0.3 is 0 Å². The van der Waals surface area contributed by atoms with E-state index in [1.165, 1.54) is 0 Å². The van der Waals surface area contributed by atoms with Gasteiger partial charge in [-0.2, -0.15) is 0 Å². The van der Waals surface area contributed by atoms with Crippen molar-refractivity contribution in [1.82, 2.24) is 14.9 Å². The zero-order chi connectivity index (χ0) is 17.8. The normalized spacial score (nSPS) is 17.3. The number of hydrogen-bond donors (Lipinski definition) is 1. The number of primary amides is 1. The molecular formula is C19H22N4O2. The van der Waals surface area contributed by atoms with E-state index in [1.807, 2.05) is 12.1 Å². The minimum atomic E-state index is -0.337. The van der Waals surface area contributed by atoms with Crippen molar-refractivity contribution in [1.29, 1.82) is 0 Å². The number of nitrogens with zero attached hydrogens (tertiary/aromatic N) is 3. The predicted molar refractivity (Wildman–Crippen MR) is 94.7 cm³/mol. The first kappa shape index (κ1) is 17.1. The van der Waals surface area contributed by atoms with Crippen molar-refractivity contribution in [3.05, 3.63) is 47.8 Å². The Balaban J connectivity index is 1.80. The summed E-state index contributed by atoms with van der Waals surface area (Å²) in [4.78, 5) is 34.7. The third-order valence-electron chi connectivity index (χ3n) is 4.59. The predicted octanol–water partition coefficient (Wildman–Crippen LogP) is 2.04. The average Bonchev–Trinajstić information content (AvgIpc) is 2.67. The molecule has 0 saturated carbocycles. The fourth-order valence-corrected chi connectivity index (χ4v) is 3.05. The van der Waals surface area contributed by atoms with Crippen LogP contribution in [0.5, 0.6) is 0 Å². The molecule has 0 radical (unpaired) electrons. The summed E-state index contributed by atoms with van der Waals surface area (Å²) in [5, 5.41) is 0. The van der Waals surface area contributed by atoms with Gasteiger partial charge in [0.2, 0.25) is 5.91 Å². The molecule has 6 heteroatoms. The number of aryl methyl sites for hydroxylation is 1. The minimum absolute atomic E-state index is 0.0852. The Hall–Kier alpha value is -2.76. The topological polar surface area (TPSA) is 89.2 Å². The van der Waals surface area contributed by atoms with Crippen LogP contribution in [0.25, 0.3) is 11.4 Å². The average molecular weight is 338 g/mol. The lowest BCUT2D eigenvalue weighted by Crippen LogP contribution is -2.44. The molecule has 0 aliphatic carbocycles. The molecule has 1 aromatic heterocycles. The van der Waals surface area contributed by atoms with Crippen molar-refractivity contribution in [3.63, 3.8) is 0 Å². The smallest absolute Gasteiger partial charge is 0.253 e. The molecule has 3 rings (SSSR count). The highest BCUT2D eigenvalue weighted by atomic mass is 16.2. The van der Waals surface area contributed by atoms with E-state index in [4.69, 9.17) is 5.73 Å². The maximum Gasteiger partial charge on any atom is 0.253 e. The number of benzene rings is 1. The molecule has 130 valence electrons. The Kier molecular flexibility index (Phi) is 5.07. The van der Waals surface area contributed by atoms with E-state index in [0.717, 1.165) is 30.4 Å². The van der Waals surface area contributed by atoms with Gasteiger partial charge in [0.1, 0.15) is 0 Å². The molecule has 2 aromatic rings. The zero-order valence-electron chi connectivity index (χ0n) is 14.3. The lowest BCUT2D eigenvalue weighted by molar-refractivity contribution is -0.123. The number of carbonyl (C=O) groups is 2. The maximum atomic E-state index is 12.8. The standard InChI is InChI=1S/C19H22N4O2/c1-2-13-10-21-18(22-11-13)14-5-3-6-15(9-14)19(25)23-8-4-7-16(12-23)17(20)24/h3,5-6,9-11,16H,2,4,7-8,12H2,1H3,(H2,20,24)/t16-/m1/s1. The lowest BCUT2D eigenvalue weighted by atomic mass is 9.96. The van der Waals surface area contributed by atoms with Crippen LogP contribution in [0, 0.1) is 5.92 Å². The lowest BCUT2D eigenvalue weighted by Gasteiger charge is -2.31. The Labute approximate surface area is 147 Å². The van der Waals surface area contributed by atoms with E-state index in [9.17, 15) is 9.59 Å². The molecule has 2 amide bonds. The fraction of sp³-hybridized carbons (Fsp3) is 0.368. The summed E-state index contributed by atoms with van der Waals surface area (Å²) < 4.78 is 0. The second-order valence-corrected chi connectivity index (χ2v) is 6.34. The number of piperidine rings is 1. The molecule has 1 aromatic carbocycles. The van der Waals surface area contributed by atoms with E-state index in [2.05, 4.69) is 16.9 Å². The minimum Gasteiger partial charge on any atom is -0.369 e. The Bertz CT molecular complexity index is 773. The van der Waals surface area contributed by atoms with Gasteiger partial charge in [0.05, 0.1) is 5.92 Å². The molecule has 0 bridgehead atoms. The van der Waals surface area contributed by atoms with Crippen LogP contribution in [-0.4, -0.2) is 39.8 Å². The number of amides is 2. The Morgan fingerprint density at radius 3 is 2.72 bits per heavy atom. The Morgan fingerprint density at radius 1 is 1.28 bits per heavy atom. The second-order valence-electron chi connectivity index (χ2n) is 6.34. The summed E-state index contributed by atoms with van der Waals surface area (Å²) in [6.07, 6.45) is 6.03. The van der Waals surface area contributed by atoms with E-state index >= 15 is 0 Å². The highest BCUT2D eigenvalue weighted by molar-refractivity contribution is 5.95. The number of aromatic nitrogens is 2. The summed E-state index contributed by atoms with van der Waals surface area (Å²) in [5.74, 6) is -0.0834. The number of likely N-dealkylation sites (tertiary alicyclic amines) is 1. The summed E-state index contributed by atoms with van der Waals surface area (Å²) >= 11 is 0. The van der Waals surface area contributed by atoms with Crippen LogP contribution in [0.15, 0.2) is 36.7 Å². The zero-order valence-corrected chi connectivity index (χ0v) is 14.3. The highest BCUT2D eigenvalue weighted by Gasteiger charge is 2.27. The largest absolute Gasteiger partial charge is 0.369 e. The molecule has 0 unspecified atom stereocenters. The molecule has 0 spiro atoms. The first-order valence-electron chi connectivity index (χ1n) is 8.58. The van der Waals surface area contributed by atoms with Gasteiger partial charge in [-0.25, -0.2) is 9.97 Å². The van der Waals surface area contributed by atoms with E-state index in [-0.39, 0.29) is 17.7 Å². The number of carbonyl (C=O) groups excluding carboxylic acids is 2. The summed E-state index contributed by atoms with van der Waals surface area (Å²) in [6.45, 7) is 3.09. The van der Waals surface area contributed by atoms with Gasteiger partial charge in [0.25, 0.3) is 5.91 Å².